The number of benzene rings is 1. The van der Waals surface area contributed by atoms with Gasteiger partial charge in [0.1, 0.15) is 6.54 Å². The first-order valence-electron chi connectivity index (χ1n) is 8.09. The minimum atomic E-state index is -4.27. The van der Waals surface area contributed by atoms with Crippen molar-refractivity contribution in [2.75, 3.05) is 6.54 Å². The van der Waals surface area contributed by atoms with Gasteiger partial charge in [0.15, 0.2) is 5.71 Å². The van der Waals surface area contributed by atoms with Crippen LogP contribution in [0.4, 0.5) is 5.69 Å². The predicted molar refractivity (Wildman–Crippen MR) is 92.7 cm³/mol. The Morgan fingerprint density at radius 3 is 2.46 bits per heavy atom. The Morgan fingerprint density at radius 1 is 1.21 bits per heavy atom. The van der Waals surface area contributed by atoms with E-state index in [0.717, 1.165) is 36.3 Å². The van der Waals surface area contributed by atoms with Gasteiger partial charge in [0.25, 0.3) is 0 Å². The molecule has 0 unspecified atom stereocenters. The van der Waals surface area contributed by atoms with Gasteiger partial charge in [-0.3, -0.25) is 9.36 Å². The minimum absolute atomic E-state index is 0.0467. The van der Waals surface area contributed by atoms with Crippen LogP contribution in [-0.2, 0) is 14.8 Å². The molecule has 1 aromatic rings. The van der Waals surface area contributed by atoms with Gasteiger partial charge in [0.2, 0.25) is 5.69 Å². The molecule has 0 bridgehead atoms. The van der Waals surface area contributed by atoms with Crippen molar-refractivity contribution in [3.05, 3.63) is 23.8 Å². The zero-order valence-electron chi connectivity index (χ0n) is 14.3. The summed E-state index contributed by atoms with van der Waals surface area (Å²) in [4.78, 5) is 29.4. The van der Waals surface area contributed by atoms with Crippen LogP contribution in [0.25, 0.3) is 0 Å². The highest BCUT2D eigenvalue weighted by Crippen LogP contribution is 2.42. The van der Waals surface area contributed by atoms with Gasteiger partial charge in [-0.05, 0) is 38.8 Å². The molecule has 1 aliphatic rings. The van der Waals surface area contributed by atoms with E-state index >= 15 is 0 Å². The lowest BCUT2D eigenvalue weighted by Gasteiger charge is -2.16. The summed E-state index contributed by atoms with van der Waals surface area (Å²) in [7, 11) is -4.27. The average molecular weight is 354 g/mol. The molecule has 0 spiro atoms. The van der Waals surface area contributed by atoms with Crippen molar-refractivity contribution in [2.45, 2.75) is 51.9 Å². The van der Waals surface area contributed by atoms with Gasteiger partial charge in [-0.25, -0.2) is 0 Å². The molecule has 0 amide bonds. The molecule has 0 atom stereocenters. The summed E-state index contributed by atoms with van der Waals surface area (Å²) in [5.41, 5.74) is 2.75. The number of rotatable bonds is 7. The monoisotopic (exact) mass is 354 g/mol. The number of hydrogen-bond donors (Lipinski definition) is 3. The lowest BCUT2D eigenvalue weighted by molar-refractivity contribution is -0.439. The molecule has 3 N–H and O–H groups in total. The van der Waals surface area contributed by atoms with Crippen LogP contribution in [0.5, 0.6) is 0 Å². The van der Waals surface area contributed by atoms with Crippen molar-refractivity contribution in [3.8, 4) is 0 Å². The van der Waals surface area contributed by atoms with Gasteiger partial charge in [-0.2, -0.15) is 4.58 Å². The van der Waals surface area contributed by atoms with Crippen LogP contribution in [-0.4, -0.2) is 37.7 Å². The van der Waals surface area contributed by atoms with Crippen molar-refractivity contribution < 1.29 is 28.8 Å². The highest BCUT2D eigenvalue weighted by molar-refractivity contribution is 7.60. The Labute approximate surface area is 142 Å². The SMILES string of the molecule is CC1=[N+](CCCCCC(=O)O)c2ccc(P(=O)(O)O)cc2C1(C)C. The number of carbonyl (C=O) groups is 1. The number of hydrogen-bond acceptors (Lipinski definition) is 2. The highest BCUT2D eigenvalue weighted by Gasteiger charge is 2.43. The van der Waals surface area contributed by atoms with Crippen LogP contribution >= 0.6 is 7.60 Å². The second-order valence-corrected chi connectivity index (χ2v) is 8.42. The second kappa shape index (κ2) is 6.79. The van der Waals surface area contributed by atoms with E-state index in [1.165, 1.54) is 6.07 Å². The molecule has 7 heteroatoms. The van der Waals surface area contributed by atoms with E-state index in [2.05, 4.69) is 18.4 Å². The third-order valence-corrected chi connectivity index (χ3v) is 5.81. The van der Waals surface area contributed by atoms with Gasteiger partial charge in [-0.15, -0.1) is 0 Å². The maximum Gasteiger partial charge on any atom is 0.356 e. The molecule has 132 valence electrons. The molecular formula is C17H25NO5P+. The smallest absolute Gasteiger partial charge is 0.356 e. The number of aliphatic carboxylic acids is 1. The van der Waals surface area contributed by atoms with Gasteiger partial charge in [0.05, 0.1) is 10.7 Å². The summed E-state index contributed by atoms with van der Waals surface area (Å²) in [6.07, 6.45) is 2.57. The molecular weight excluding hydrogens is 329 g/mol. The van der Waals surface area contributed by atoms with Crippen LogP contribution in [0.3, 0.4) is 0 Å². The van der Waals surface area contributed by atoms with Gasteiger partial charge in [0, 0.05) is 31.4 Å². The molecule has 1 aromatic carbocycles. The van der Waals surface area contributed by atoms with E-state index < -0.39 is 13.6 Å². The summed E-state index contributed by atoms with van der Waals surface area (Å²) >= 11 is 0. The van der Waals surface area contributed by atoms with E-state index in [-0.39, 0.29) is 17.1 Å². The van der Waals surface area contributed by atoms with Crippen molar-refractivity contribution in [1.82, 2.24) is 0 Å². The van der Waals surface area contributed by atoms with Crippen LogP contribution in [0.15, 0.2) is 18.2 Å². The molecule has 0 aromatic heterocycles. The maximum atomic E-state index is 11.5. The fourth-order valence-electron chi connectivity index (χ4n) is 3.17. The van der Waals surface area contributed by atoms with Crippen molar-refractivity contribution in [2.24, 2.45) is 0 Å². The lowest BCUT2D eigenvalue weighted by Crippen LogP contribution is -2.27. The summed E-state index contributed by atoms with van der Waals surface area (Å²) in [5.74, 6) is -0.768. The Balaban J connectivity index is 2.21. The van der Waals surface area contributed by atoms with E-state index in [4.69, 9.17) is 5.11 Å². The molecule has 0 saturated heterocycles. The molecule has 24 heavy (non-hydrogen) atoms. The normalized spacial score (nSPS) is 16.4. The molecule has 6 nitrogen and oxygen atoms in total. The van der Waals surface area contributed by atoms with Gasteiger partial charge >= 0.3 is 13.6 Å². The fraction of sp³-hybridized carbons (Fsp3) is 0.529. The zero-order chi connectivity index (χ0) is 18.1. The van der Waals surface area contributed by atoms with E-state index in [1.54, 1.807) is 12.1 Å². The summed E-state index contributed by atoms with van der Waals surface area (Å²) in [5, 5.41) is 8.73. The summed E-state index contributed by atoms with van der Waals surface area (Å²) in [6.45, 7) is 6.91. The third kappa shape index (κ3) is 3.77. The van der Waals surface area contributed by atoms with Gasteiger partial charge < -0.3 is 14.9 Å². The Morgan fingerprint density at radius 2 is 1.88 bits per heavy atom. The van der Waals surface area contributed by atoms with Crippen LogP contribution < -0.4 is 5.30 Å². The molecule has 1 aliphatic heterocycles. The molecule has 1 heterocycles. The molecule has 0 aliphatic carbocycles. The van der Waals surface area contributed by atoms with E-state index in [1.807, 2.05) is 6.92 Å². The number of carboxylic acids is 1. The highest BCUT2D eigenvalue weighted by atomic mass is 31.2. The standard InChI is InChI=1S/C17H24NO5P/c1-12-17(2,3)14-11-13(24(21,22)23)8-9-15(14)18(12)10-6-4-5-7-16(19)20/h8-9,11H,4-7,10H2,1-3H3,(H2-,19,20,21,22,23)/p+1. The largest absolute Gasteiger partial charge is 0.481 e. The van der Waals surface area contributed by atoms with Crippen molar-refractivity contribution in [3.63, 3.8) is 0 Å². The first-order valence-corrected chi connectivity index (χ1v) is 9.70. The first kappa shape index (κ1) is 18.8. The average Bonchev–Trinajstić information content (AvgIpc) is 2.66. The number of carboxylic acid groups (broad SMARTS) is 1. The first-order chi connectivity index (χ1) is 11.0. The van der Waals surface area contributed by atoms with E-state index in [0.29, 0.717) is 6.42 Å². The van der Waals surface area contributed by atoms with Crippen LogP contribution in [0, 0.1) is 0 Å². The predicted octanol–water partition coefficient (Wildman–Crippen LogP) is 2.53. The Hall–Kier alpha value is -1.49. The third-order valence-electron chi connectivity index (χ3n) is 4.86. The Bertz CT molecular complexity index is 732. The Kier molecular flexibility index (Phi) is 5.33. The van der Waals surface area contributed by atoms with Crippen molar-refractivity contribution >= 4 is 30.3 Å². The molecule has 2 rings (SSSR count). The molecule has 0 saturated carbocycles. The lowest BCUT2D eigenvalue weighted by atomic mass is 9.82. The minimum Gasteiger partial charge on any atom is -0.481 e. The second-order valence-electron chi connectivity index (χ2n) is 6.81. The maximum absolute atomic E-state index is 11.5. The summed E-state index contributed by atoms with van der Waals surface area (Å²) < 4.78 is 13.7. The van der Waals surface area contributed by atoms with Crippen LogP contribution in [0.2, 0.25) is 0 Å². The quantitative estimate of drug-likeness (QED) is 0.397. The number of unbranched alkanes of at least 4 members (excludes halogenated alkanes) is 2. The van der Waals surface area contributed by atoms with E-state index in [9.17, 15) is 19.1 Å². The zero-order valence-corrected chi connectivity index (χ0v) is 15.2. The van der Waals surface area contributed by atoms with Crippen molar-refractivity contribution in [1.29, 1.82) is 0 Å². The van der Waals surface area contributed by atoms with Gasteiger partial charge in [-0.1, -0.05) is 0 Å². The topological polar surface area (TPSA) is 97.8 Å². The number of nitrogens with zero attached hydrogens (tertiary/aromatic N) is 1. The molecule has 0 radical (unpaired) electrons. The van der Waals surface area contributed by atoms with Crippen LogP contribution in [0.1, 0.15) is 52.0 Å². The fourth-order valence-corrected chi connectivity index (χ4v) is 3.73. The summed E-state index contributed by atoms with van der Waals surface area (Å²) in [6, 6.07) is 4.88. The number of fused-ring (bicyclic) bond motifs is 1. The molecule has 0 fully saturated rings.